The molecular weight excluding hydrogens is 348 g/mol. The Morgan fingerprint density at radius 1 is 1.42 bits per heavy atom. The van der Waals surface area contributed by atoms with Crippen LogP contribution in [-0.2, 0) is 22.6 Å². The summed E-state index contributed by atoms with van der Waals surface area (Å²) in [5.74, 6) is 3.70. The van der Waals surface area contributed by atoms with Gasteiger partial charge in [0.05, 0.1) is 12.7 Å². The lowest BCUT2D eigenvalue weighted by Gasteiger charge is -2.35. The van der Waals surface area contributed by atoms with E-state index in [4.69, 9.17) is 0 Å². The zero-order valence-electron chi connectivity index (χ0n) is 15.8. The third-order valence-corrected chi connectivity index (χ3v) is 8.00. The largest absolute Gasteiger partial charge is 0.352 e. The van der Waals surface area contributed by atoms with Gasteiger partial charge in [-0.1, -0.05) is 6.42 Å². The molecule has 1 N–H and O–H groups in total. The van der Waals surface area contributed by atoms with Gasteiger partial charge in [-0.15, -0.1) is 0 Å². The monoisotopic (exact) mass is 378 g/mol. The molecule has 26 heavy (non-hydrogen) atoms. The van der Waals surface area contributed by atoms with Crippen LogP contribution < -0.4 is 5.32 Å². The fourth-order valence-electron chi connectivity index (χ4n) is 5.35. The van der Waals surface area contributed by atoms with Crippen molar-refractivity contribution in [3.8, 4) is 0 Å². The highest BCUT2D eigenvalue weighted by molar-refractivity contribution is 7.85. The van der Waals surface area contributed by atoms with Crippen LogP contribution in [0.4, 0.5) is 0 Å². The van der Waals surface area contributed by atoms with Crippen LogP contribution in [0.1, 0.15) is 44.2 Å². The van der Waals surface area contributed by atoms with Crippen LogP contribution in [0.15, 0.2) is 12.4 Å². The molecular formula is C19H30N4O2S. The number of nitrogens with zero attached hydrogens (tertiary/aromatic N) is 3. The number of aromatic nitrogens is 2. The fraction of sp³-hybridized carbons (Fsp3) is 0.789. The van der Waals surface area contributed by atoms with Crippen LogP contribution >= 0.6 is 0 Å². The average molecular weight is 379 g/mol. The molecule has 6 nitrogen and oxygen atoms in total. The molecule has 3 fully saturated rings. The van der Waals surface area contributed by atoms with Crippen molar-refractivity contribution in [3.05, 3.63) is 18.0 Å². The van der Waals surface area contributed by atoms with Crippen molar-refractivity contribution >= 4 is 16.7 Å². The highest BCUT2D eigenvalue weighted by Crippen LogP contribution is 2.49. The van der Waals surface area contributed by atoms with Crippen LogP contribution in [0.25, 0.3) is 0 Å². The second-order valence-electron chi connectivity index (χ2n) is 8.44. The third kappa shape index (κ3) is 3.74. The van der Waals surface area contributed by atoms with E-state index >= 15 is 0 Å². The highest BCUT2D eigenvalue weighted by atomic mass is 32.2. The molecule has 2 aliphatic carbocycles. The van der Waals surface area contributed by atoms with Crippen LogP contribution in [-0.4, -0.2) is 55.4 Å². The molecule has 1 aromatic heterocycles. The Kier molecular flexibility index (Phi) is 5.19. The second kappa shape index (κ2) is 7.43. The lowest BCUT2D eigenvalue weighted by molar-refractivity contribution is -0.123. The molecule has 0 radical (unpaired) electrons. The summed E-state index contributed by atoms with van der Waals surface area (Å²) in [5.41, 5.74) is 1.05. The first-order chi connectivity index (χ1) is 12.5. The summed E-state index contributed by atoms with van der Waals surface area (Å²) in [6.45, 7) is 3.25. The van der Waals surface area contributed by atoms with Crippen molar-refractivity contribution in [2.45, 2.75) is 44.7 Å². The number of rotatable bonds is 5. The molecule has 4 rings (SSSR count). The summed E-state index contributed by atoms with van der Waals surface area (Å²) in [7, 11) is 1.06. The van der Waals surface area contributed by atoms with Crippen molar-refractivity contribution in [3.63, 3.8) is 0 Å². The van der Waals surface area contributed by atoms with E-state index in [-0.39, 0.29) is 18.0 Å². The Morgan fingerprint density at radius 3 is 2.92 bits per heavy atom. The van der Waals surface area contributed by atoms with Crippen molar-refractivity contribution in [1.29, 1.82) is 0 Å². The molecule has 1 saturated heterocycles. The molecule has 6 unspecified atom stereocenters. The van der Waals surface area contributed by atoms with Crippen molar-refractivity contribution in [1.82, 2.24) is 20.0 Å². The van der Waals surface area contributed by atoms with Crippen molar-refractivity contribution < 1.29 is 9.00 Å². The zero-order chi connectivity index (χ0) is 18.3. The van der Waals surface area contributed by atoms with E-state index in [1.165, 1.54) is 25.7 Å². The first-order valence-corrected chi connectivity index (χ1v) is 11.4. The number of fused-ring (bicyclic) bond motifs is 2. The molecule has 6 atom stereocenters. The number of carbonyl (C=O) groups is 1. The minimum Gasteiger partial charge on any atom is -0.352 e. The molecule has 3 aliphatic rings. The van der Waals surface area contributed by atoms with Crippen LogP contribution in [0.2, 0.25) is 0 Å². The van der Waals surface area contributed by atoms with E-state index in [2.05, 4.69) is 22.2 Å². The predicted octanol–water partition coefficient (Wildman–Crippen LogP) is 1.47. The predicted molar refractivity (Wildman–Crippen MR) is 102 cm³/mol. The van der Waals surface area contributed by atoms with Gasteiger partial charge in [0, 0.05) is 59.7 Å². The molecule has 2 bridgehead atoms. The van der Waals surface area contributed by atoms with E-state index in [0.717, 1.165) is 17.4 Å². The molecule has 1 aliphatic heterocycles. The number of hydrogen-bond acceptors (Lipinski definition) is 4. The van der Waals surface area contributed by atoms with Crippen LogP contribution in [0, 0.1) is 17.8 Å². The SMILES string of the molecule is CC(NC(=O)CN1CCS(=O)CC1c1cnn(C)c1)C1CC2CCC1C2. The molecule has 0 spiro atoms. The van der Waals surface area contributed by atoms with Crippen molar-refractivity contribution in [2.75, 3.05) is 24.6 Å². The Bertz CT molecular complexity index is 691. The number of nitrogens with one attached hydrogen (secondary N) is 1. The Morgan fingerprint density at radius 2 is 2.27 bits per heavy atom. The maximum atomic E-state index is 12.7. The second-order valence-corrected chi connectivity index (χ2v) is 10.1. The van der Waals surface area contributed by atoms with E-state index in [0.29, 0.717) is 30.5 Å². The van der Waals surface area contributed by atoms with Crippen LogP contribution in [0.5, 0.6) is 0 Å². The number of hydrogen-bond donors (Lipinski definition) is 1. The Labute approximate surface area is 158 Å². The lowest BCUT2D eigenvalue weighted by Crippen LogP contribution is -2.49. The van der Waals surface area contributed by atoms with Crippen molar-refractivity contribution in [2.24, 2.45) is 24.8 Å². The number of aryl methyl sites for hydroxylation is 1. The van der Waals surface area contributed by atoms with E-state index in [1.54, 1.807) is 4.68 Å². The fourth-order valence-corrected chi connectivity index (χ4v) is 6.71. The molecule has 1 aromatic rings. The maximum absolute atomic E-state index is 12.7. The minimum absolute atomic E-state index is 0.0156. The Hall–Kier alpha value is -1.21. The highest BCUT2D eigenvalue weighted by Gasteiger charge is 2.42. The average Bonchev–Trinajstić information content (AvgIpc) is 3.33. The summed E-state index contributed by atoms with van der Waals surface area (Å²) >= 11 is 0. The Balaban J connectivity index is 1.36. The molecule has 2 heterocycles. The smallest absolute Gasteiger partial charge is 0.234 e. The normalized spacial score (nSPS) is 35.5. The summed E-state index contributed by atoms with van der Waals surface area (Å²) in [6.07, 6.45) is 9.18. The molecule has 2 saturated carbocycles. The molecule has 144 valence electrons. The van der Waals surface area contributed by atoms with Gasteiger partial charge in [0.15, 0.2) is 0 Å². The first kappa shape index (κ1) is 18.2. The van der Waals surface area contributed by atoms with Gasteiger partial charge in [0.25, 0.3) is 0 Å². The van der Waals surface area contributed by atoms with E-state index < -0.39 is 10.8 Å². The summed E-state index contributed by atoms with van der Waals surface area (Å²) in [5, 5.41) is 7.51. The lowest BCUT2D eigenvalue weighted by atomic mass is 9.84. The van der Waals surface area contributed by atoms with Gasteiger partial charge < -0.3 is 5.32 Å². The van der Waals surface area contributed by atoms with Crippen LogP contribution in [0.3, 0.4) is 0 Å². The topological polar surface area (TPSA) is 67.2 Å². The third-order valence-electron chi connectivity index (χ3n) is 6.67. The van der Waals surface area contributed by atoms with E-state index in [1.807, 2.05) is 19.4 Å². The van der Waals surface area contributed by atoms with Gasteiger partial charge >= 0.3 is 0 Å². The summed E-state index contributed by atoms with van der Waals surface area (Å²) in [4.78, 5) is 14.9. The molecule has 0 aromatic carbocycles. The summed E-state index contributed by atoms with van der Waals surface area (Å²) in [6, 6.07) is 0.274. The first-order valence-electron chi connectivity index (χ1n) is 9.86. The standard InChI is InChI=1S/C19H30N4O2S/c1-13(17-8-14-3-4-15(17)7-14)21-19(24)11-23-5-6-26(25)12-18(23)16-9-20-22(2)10-16/h9-10,13-15,17-18H,3-8,11-12H2,1-2H3,(H,21,24). The van der Waals surface area contributed by atoms with Gasteiger partial charge in [-0.3, -0.25) is 18.6 Å². The quantitative estimate of drug-likeness (QED) is 0.842. The number of carbonyl (C=O) groups excluding carboxylic acids is 1. The maximum Gasteiger partial charge on any atom is 0.234 e. The zero-order valence-corrected chi connectivity index (χ0v) is 16.6. The van der Waals surface area contributed by atoms with Gasteiger partial charge in [0.2, 0.25) is 5.91 Å². The summed E-state index contributed by atoms with van der Waals surface area (Å²) < 4.78 is 13.8. The molecule has 1 amide bonds. The van der Waals surface area contributed by atoms with Gasteiger partial charge in [-0.25, -0.2) is 0 Å². The van der Waals surface area contributed by atoms with E-state index in [9.17, 15) is 9.00 Å². The minimum atomic E-state index is -0.821. The van der Waals surface area contributed by atoms with Gasteiger partial charge in [0.1, 0.15) is 0 Å². The van der Waals surface area contributed by atoms with Gasteiger partial charge in [-0.2, -0.15) is 5.10 Å². The van der Waals surface area contributed by atoms with Gasteiger partial charge in [-0.05, 0) is 43.9 Å². The number of amides is 1. The molecule has 7 heteroatoms.